The average Bonchev–Trinajstić information content (AvgIpc) is 2.93. The van der Waals surface area contributed by atoms with Gasteiger partial charge in [0.25, 0.3) is 5.91 Å². The number of aryl methyl sites for hydroxylation is 2. The Labute approximate surface area is 161 Å². The summed E-state index contributed by atoms with van der Waals surface area (Å²) in [4.78, 5) is 17.4. The molecule has 8 heteroatoms. The second-order valence-electron chi connectivity index (χ2n) is 6.17. The first-order valence-electron chi connectivity index (χ1n) is 8.14. The average molecular weight is 402 g/mol. The number of hydrogen-bond acceptors (Lipinski definition) is 4. The van der Waals surface area contributed by atoms with Crippen LogP contribution in [0, 0.1) is 13.8 Å². The number of sulfonamides is 1. The summed E-state index contributed by atoms with van der Waals surface area (Å²) in [5.41, 5.74) is 3.39. The summed E-state index contributed by atoms with van der Waals surface area (Å²) in [7, 11) is -3.81. The van der Waals surface area contributed by atoms with E-state index in [-0.39, 0.29) is 10.8 Å². The normalized spacial score (nSPS) is 12.5. The van der Waals surface area contributed by atoms with Crippen molar-refractivity contribution in [3.05, 3.63) is 70.5 Å². The lowest BCUT2D eigenvalue weighted by atomic mass is 10.1. The minimum Gasteiger partial charge on any atom is -0.312 e. The van der Waals surface area contributed by atoms with Crippen molar-refractivity contribution in [3.8, 4) is 0 Å². The van der Waals surface area contributed by atoms with E-state index < -0.39 is 10.0 Å². The lowest BCUT2D eigenvalue weighted by Crippen LogP contribution is -2.16. The lowest BCUT2D eigenvalue weighted by Gasteiger charge is -2.03. The number of benzene rings is 2. The van der Waals surface area contributed by atoms with Gasteiger partial charge in [-0.2, -0.15) is 4.99 Å². The third-order valence-corrected chi connectivity index (χ3v) is 6.20. The van der Waals surface area contributed by atoms with E-state index in [1.165, 1.54) is 23.5 Å². The summed E-state index contributed by atoms with van der Waals surface area (Å²) in [5, 5.41) is 5.21. The monoisotopic (exact) mass is 401 g/mol. The van der Waals surface area contributed by atoms with Crippen molar-refractivity contribution >= 4 is 37.5 Å². The van der Waals surface area contributed by atoms with Gasteiger partial charge in [-0.05, 0) is 55.3 Å². The SMILES string of the molecule is C=CCn1c(=NC(=O)c2ccc(C)c(C)c2)sc2cc(S(N)(=O)=O)ccc21. The van der Waals surface area contributed by atoms with Crippen molar-refractivity contribution in [2.45, 2.75) is 25.3 Å². The predicted molar refractivity (Wildman–Crippen MR) is 107 cm³/mol. The van der Waals surface area contributed by atoms with Crippen LogP contribution in [-0.4, -0.2) is 18.9 Å². The first kappa shape index (κ1) is 19.2. The van der Waals surface area contributed by atoms with Crippen molar-refractivity contribution in [1.29, 1.82) is 0 Å². The second-order valence-corrected chi connectivity index (χ2v) is 8.74. The van der Waals surface area contributed by atoms with Crippen LogP contribution in [0.3, 0.4) is 0 Å². The van der Waals surface area contributed by atoms with Gasteiger partial charge in [0.05, 0.1) is 15.1 Å². The molecule has 0 saturated carbocycles. The molecule has 2 N–H and O–H groups in total. The van der Waals surface area contributed by atoms with Crippen LogP contribution < -0.4 is 9.94 Å². The quantitative estimate of drug-likeness (QED) is 0.681. The molecule has 0 aliphatic heterocycles. The Morgan fingerprint density at radius 1 is 1.22 bits per heavy atom. The fourth-order valence-electron chi connectivity index (χ4n) is 2.65. The minimum atomic E-state index is -3.81. The molecule has 0 unspecified atom stereocenters. The number of primary sulfonamides is 1. The molecule has 140 valence electrons. The first-order chi connectivity index (χ1) is 12.7. The van der Waals surface area contributed by atoms with Crippen LogP contribution in [0.1, 0.15) is 21.5 Å². The number of thiazole rings is 1. The Kier molecular flexibility index (Phi) is 5.14. The summed E-state index contributed by atoms with van der Waals surface area (Å²) in [6.07, 6.45) is 1.69. The number of rotatable bonds is 4. The predicted octanol–water partition coefficient (Wildman–Crippen LogP) is 2.89. The maximum atomic E-state index is 12.6. The van der Waals surface area contributed by atoms with Gasteiger partial charge < -0.3 is 4.57 Å². The number of nitrogens with zero attached hydrogens (tertiary/aromatic N) is 2. The summed E-state index contributed by atoms with van der Waals surface area (Å²) in [6, 6.07) is 10.0. The van der Waals surface area contributed by atoms with Crippen LogP contribution in [0.2, 0.25) is 0 Å². The van der Waals surface area contributed by atoms with Gasteiger partial charge in [0.1, 0.15) is 0 Å². The van der Waals surface area contributed by atoms with Crippen LogP contribution in [-0.2, 0) is 16.6 Å². The number of allylic oxidation sites excluding steroid dienone is 1. The summed E-state index contributed by atoms with van der Waals surface area (Å²) in [6.45, 7) is 8.10. The molecule has 0 bridgehead atoms. The van der Waals surface area contributed by atoms with Crippen LogP contribution in [0.25, 0.3) is 10.2 Å². The minimum absolute atomic E-state index is 0.0223. The Bertz CT molecular complexity index is 1230. The zero-order chi connectivity index (χ0) is 19.8. The zero-order valence-corrected chi connectivity index (χ0v) is 16.6. The molecule has 1 aromatic heterocycles. The number of nitrogens with two attached hydrogens (primary N) is 1. The van der Waals surface area contributed by atoms with Crippen molar-refractivity contribution < 1.29 is 13.2 Å². The largest absolute Gasteiger partial charge is 0.312 e. The molecule has 0 spiro atoms. The molecule has 2 aromatic carbocycles. The maximum Gasteiger partial charge on any atom is 0.279 e. The smallest absolute Gasteiger partial charge is 0.279 e. The zero-order valence-electron chi connectivity index (χ0n) is 15.0. The highest BCUT2D eigenvalue weighted by Gasteiger charge is 2.13. The van der Waals surface area contributed by atoms with Crippen molar-refractivity contribution in [2.75, 3.05) is 0 Å². The second kappa shape index (κ2) is 7.22. The van der Waals surface area contributed by atoms with Crippen molar-refractivity contribution in [3.63, 3.8) is 0 Å². The molecular weight excluding hydrogens is 382 g/mol. The highest BCUT2D eigenvalue weighted by Crippen LogP contribution is 2.21. The number of hydrogen-bond donors (Lipinski definition) is 1. The highest BCUT2D eigenvalue weighted by molar-refractivity contribution is 7.89. The van der Waals surface area contributed by atoms with Crippen LogP contribution in [0.5, 0.6) is 0 Å². The third-order valence-electron chi connectivity index (χ3n) is 4.25. The van der Waals surface area contributed by atoms with E-state index in [9.17, 15) is 13.2 Å². The molecule has 3 aromatic rings. The van der Waals surface area contributed by atoms with E-state index in [1.54, 1.807) is 18.2 Å². The van der Waals surface area contributed by atoms with Gasteiger partial charge in [-0.1, -0.05) is 23.5 Å². The van der Waals surface area contributed by atoms with Crippen LogP contribution >= 0.6 is 11.3 Å². The van der Waals surface area contributed by atoms with E-state index >= 15 is 0 Å². The van der Waals surface area contributed by atoms with Gasteiger partial charge in [-0.3, -0.25) is 4.79 Å². The van der Waals surface area contributed by atoms with Gasteiger partial charge in [0.15, 0.2) is 4.80 Å². The fraction of sp³-hybridized carbons (Fsp3) is 0.158. The number of carbonyl (C=O) groups is 1. The molecule has 3 rings (SSSR count). The Balaban J connectivity index is 2.18. The molecular formula is C19H19N3O3S2. The molecule has 0 radical (unpaired) electrons. The Morgan fingerprint density at radius 2 is 1.96 bits per heavy atom. The topological polar surface area (TPSA) is 94.5 Å². The van der Waals surface area contributed by atoms with Gasteiger partial charge in [-0.15, -0.1) is 6.58 Å². The molecule has 6 nitrogen and oxygen atoms in total. The van der Waals surface area contributed by atoms with Crippen molar-refractivity contribution in [1.82, 2.24) is 4.57 Å². The summed E-state index contributed by atoms with van der Waals surface area (Å²) in [5.74, 6) is -0.353. The molecule has 1 amide bonds. The van der Waals surface area contributed by atoms with Gasteiger partial charge >= 0.3 is 0 Å². The third kappa shape index (κ3) is 3.92. The highest BCUT2D eigenvalue weighted by atomic mass is 32.2. The Morgan fingerprint density at radius 3 is 2.59 bits per heavy atom. The molecule has 0 fully saturated rings. The Hall–Kier alpha value is -2.55. The van der Waals surface area contributed by atoms with Crippen molar-refractivity contribution in [2.24, 2.45) is 10.1 Å². The summed E-state index contributed by atoms with van der Waals surface area (Å²) < 4.78 is 25.7. The number of fused-ring (bicyclic) bond motifs is 1. The van der Waals surface area contributed by atoms with Gasteiger partial charge in [0, 0.05) is 12.1 Å². The fourth-order valence-corrected chi connectivity index (χ4v) is 4.34. The van der Waals surface area contributed by atoms with Crippen LogP contribution in [0.15, 0.2) is 58.9 Å². The van der Waals surface area contributed by atoms with E-state index in [2.05, 4.69) is 11.6 Å². The lowest BCUT2D eigenvalue weighted by molar-refractivity contribution is 0.0998. The standard InChI is InChI=1S/C19H19N3O3S2/c1-4-9-22-16-8-7-15(27(20,24)25)11-17(16)26-19(22)21-18(23)14-6-5-12(2)13(3)10-14/h4-8,10-11H,1,9H2,2-3H3,(H2,20,24,25). The molecule has 27 heavy (non-hydrogen) atoms. The molecule has 1 heterocycles. The van der Waals surface area contributed by atoms with Crippen LogP contribution in [0.4, 0.5) is 0 Å². The van der Waals surface area contributed by atoms with Gasteiger partial charge in [-0.25, -0.2) is 13.6 Å². The maximum absolute atomic E-state index is 12.6. The van der Waals surface area contributed by atoms with E-state index in [0.29, 0.717) is 21.6 Å². The molecule has 0 aliphatic rings. The summed E-state index contributed by atoms with van der Waals surface area (Å²) >= 11 is 1.23. The van der Waals surface area contributed by atoms with E-state index in [4.69, 9.17) is 5.14 Å². The van der Waals surface area contributed by atoms with Gasteiger partial charge in [0.2, 0.25) is 10.0 Å². The molecule has 0 aliphatic carbocycles. The molecule has 0 atom stereocenters. The molecule has 0 saturated heterocycles. The van der Waals surface area contributed by atoms with E-state index in [1.807, 2.05) is 30.5 Å². The number of amides is 1. The first-order valence-corrected chi connectivity index (χ1v) is 10.5. The van der Waals surface area contributed by atoms with E-state index in [0.717, 1.165) is 16.6 Å². The number of carbonyl (C=O) groups excluding carboxylic acids is 1. The number of aromatic nitrogens is 1.